The van der Waals surface area contributed by atoms with E-state index in [0.717, 1.165) is 33.9 Å². The Balaban J connectivity index is 1.53. The van der Waals surface area contributed by atoms with Gasteiger partial charge in [-0.1, -0.05) is 18.2 Å². The minimum atomic E-state index is -0.0674. The topological polar surface area (TPSA) is 56.1 Å². The lowest BCUT2D eigenvalue weighted by Crippen LogP contribution is -2.14. The van der Waals surface area contributed by atoms with E-state index in [2.05, 4.69) is 16.9 Å². The minimum Gasteiger partial charge on any atom is -0.496 e. The molecule has 2 aromatic carbocycles. The zero-order chi connectivity index (χ0) is 17.4. The van der Waals surface area contributed by atoms with E-state index < -0.39 is 0 Å². The van der Waals surface area contributed by atoms with Crippen molar-refractivity contribution in [3.63, 3.8) is 0 Å². The van der Waals surface area contributed by atoms with Crippen LogP contribution in [0.4, 0.5) is 5.69 Å². The molecule has 1 heterocycles. The fourth-order valence-electron chi connectivity index (χ4n) is 3.23. The number of benzene rings is 2. The van der Waals surface area contributed by atoms with Crippen molar-refractivity contribution < 1.29 is 9.53 Å². The fourth-order valence-corrected chi connectivity index (χ4v) is 3.23. The van der Waals surface area contributed by atoms with Gasteiger partial charge in [-0.25, -0.2) is 4.98 Å². The summed E-state index contributed by atoms with van der Waals surface area (Å²) in [6.07, 6.45) is 2.72. The van der Waals surface area contributed by atoms with Crippen LogP contribution in [0.3, 0.4) is 0 Å². The Morgan fingerprint density at radius 2 is 2.08 bits per heavy atom. The molecule has 1 aromatic heterocycles. The van der Waals surface area contributed by atoms with Crippen LogP contribution in [-0.4, -0.2) is 22.6 Å². The van der Waals surface area contributed by atoms with Crippen molar-refractivity contribution in [2.24, 2.45) is 7.05 Å². The molecule has 0 saturated heterocycles. The van der Waals surface area contributed by atoms with E-state index in [-0.39, 0.29) is 12.3 Å². The average Bonchev–Trinajstić information content (AvgIpc) is 3.40. The summed E-state index contributed by atoms with van der Waals surface area (Å²) in [7, 11) is 3.67. The maximum atomic E-state index is 12.4. The second-order valence-electron chi connectivity index (χ2n) is 6.54. The van der Waals surface area contributed by atoms with E-state index >= 15 is 0 Å². The highest BCUT2D eigenvalue weighted by Gasteiger charge is 2.28. The molecule has 1 saturated carbocycles. The first-order valence-electron chi connectivity index (χ1n) is 8.54. The standard InChI is InChI=1S/C20H21N3O2/c1-23-17-10-9-15(12-16(17)22-20(23)13-7-8-13)21-19(24)11-14-5-3-4-6-18(14)25-2/h3-6,9-10,12-13H,7-8,11H2,1-2H3,(H,21,24). The number of amides is 1. The zero-order valence-corrected chi connectivity index (χ0v) is 14.5. The van der Waals surface area contributed by atoms with Gasteiger partial charge in [0.25, 0.3) is 0 Å². The Morgan fingerprint density at radius 1 is 1.28 bits per heavy atom. The van der Waals surface area contributed by atoms with E-state index in [9.17, 15) is 4.79 Å². The predicted molar refractivity (Wildman–Crippen MR) is 98.0 cm³/mol. The Kier molecular flexibility index (Phi) is 3.92. The molecule has 5 nitrogen and oxygen atoms in total. The quantitative estimate of drug-likeness (QED) is 0.774. The summed E-state index contributed by atoms with van der Waals surface area (Å²) in [6, 6.07) is 13.5. The highest BCUT2D eigenvalue weighted by molar-refractivity contribution is 5.94. The fraction of sp³-hybridized carbons (Fsp3) is 0.300. The summed E-state index contributed by atoms with van der Waals surface area (Å²) >= 11 is 0. The molecule has 0 radical (unpaired) electrons. The molecule has 1 amide bonds. The molecule has 128 valence electrons. The van der Waals surface area contributed by atoms with Crippen LogP contribution < -0.4 is 10.1 Å². The van der Waals surface area contributed by atoms with Gasteiger partial charge >= 0.3 is 0 Å². The lowest BCUT2D eigenvalue weighted by Gasteiger charge is -2.09. The molecule has 1 N–H and O–H groups in total. The van der Waals surface area contributed by atoms with Gasteiger partial charge in [0.1, 0.15) is 11.6 Å². The molecule has 0 aliphatic heterocycles. The van der Waals surface area contributed by atoms with Gasteiger partial charge in [0.15, 0.2) is 0 Å². The lowest BCUT2D eigenvalue weighted by atomic mass is 10.1. The Hall–Kier alpha value is -2.82. The summed E-state index contributed by atoms with van der Waals surface area (Å²) in [5.41, 5.74) is 3.68. The molecule has 0 spiro atoms. The van der Waals surface area contributed by atoms with Crippen molar-refractivity contribution in [1.82, 2.24) is 9.55 Å². The number of aromatic nitrogens is 2. The molecule has 3 aromatic rings. The highest BCUT2D eigenvalue weighted by Crippen LogP contribution is 2.40. The second-order valence-corrected chi connectivity index (χ2v) is 6.54. The second kappa shape index (κ2) is 6.24. The van der Waals surface area contributed by atoms with Crippen LogP contribution in [0.5, 0.6) is 5.75 Å². The third-order valence-corrected chi connectivity index (χ3v) is 4.69. The number of anilines is 1. The van der Waals surface area contributed by atoms with Crippen molar-refractivity contribution in [3.05, 3.63) is 53.9 Å². The van der Waals surface area contributed by atoms with E-state index in [1.54, 1.807) is 7.11 Å². The molecule has 1 fully saturated rings. The first-order chi connectivity index (χ1) is 12.2. The van der Waals surface area contributed by atoms with Crippen molar-refractivity contribution in [2.75, 3.05) is 12.4 Å². The monoisotopic (exact) mass is 335 g/mol. The largest absolute Gasteiger partial charge is 0.496 e. The molecule has 0 bridgehead atoms. The maximum Gasteiger partial charge on any atom is 0.228 e. The molecule has 25 heavy (non-hydrogen) atoms. The lowest BCUT2D eigenvalue weighted by molar-refractivity contribution is -0.115. The van der Waals surface area contributed by atoms with Gasteiger partial charge in [0.2, 0.25) is 5.91 Å². The summed E-state index contributed by atoms with van der Waals surface area (Å²) in [6.45, 7) is 0. The van der Waals surface area contributed by atoms with Crippen LogP contribution in [0.2, 0.25) is 0 Å². The van der Waals surface area contributed by atoms with Crippen molar-refractivity contribution in [2.45, 2.75) is 25.2 Å². The van der Waals surface area contributed by atoms with E-state index in [0.29, 0.717) is 5.92 Å². The number of para-hydroxylation sites is 1. The smallest absolute Gasteiger partial charge is 0.228 e. The van der Waals surface area contributed by atoms with Crippen LogP contribution >= 0.6 is 0 Å². The number of methoxy groups -OCH3 is 1. The van der Waals surface area contributed by atoms with Crippen LogP contribution in [0.1, 0.15) is 30.1 Å². The number of nitrogens with one attached hydrogen (secondary N) is 1. The zero-order valence-electron chi connectivity index (χ0n) is 14.5. The number of ether oxygens (including phenoxy) is 1. The number of carbonyl (C=O) groups excluding carboxylic acids is 1. The van der Waals surface area contributed by atoms with Gasteiger partial charge in [0.05, 0.1) is 24.6 Å². The van der Waals surface area contributed by atoms with Crippen LogP contribution in [0.25, 0.3) is 11.0 Å². The molecular formula is C20H21N3O2. The third-order valence-electron chi connectivity index (χ3n) is 4.69. The number of rotatable bonds is 5. The number of carbonyl (C=O) groups is 1. The molecule has 1 aliphatic carbocycles. The average molecular weight is 335 g/mol. The van der Waals surface area contributed by atoms with E-state index in [1.165, 1.54) is 12.8 Å². The minimum absolute atomic E-state index is 0.0674. The molecular weight excluding hydrogens is 314 g/mol. The van der Waals surface area contributed by atoms with Gasteiger partial charge in [-0.2, -0.15) is 0 Å². The molecule has 0 atom stereocenters. The van der Waals surface area contributed by atoms with E-state index in [4.69, 9.17) is 9.72 Å². The molecule has 1 aliphatic rings. The van der Waals surface area contributed by atoms with Gasteiger partial charge < -0.3 is 14.6 Å². The number of aryl methyl sites for hydroxylation is 1. The van der Waals surface area contributed by atoms with Gasteiger partial charge in [-0.05, 0) is 37.1 Å². The normalized spacial score (nSPS) is 13.8. The van der Waals surface area contributed by atoms with Crippen LogP contribution in [0.15, 0.2) is 42.5 Å². The van der Waals surface area contributed by atoms with Gasteiger partial charge in [0, 0.05) is 24.2 Å². The van der Waals surface area contributed by atoms with Crippen LogP contribution in [0, 0.1) is 0 Å². The Labute approximate surface area is 146 Å². The molecule has 5 heteroatoms. The summed E-state index contributed by atoms with van der Waals surface area (Å²) in [4.78, 5) is 17.1. The van der Waals surface area contributed by atoms with Crippen molar-refractivity contribution in [1.29, 1.82) is 0 Å². The number of nitrogens with zero attached hydrogens (tertiary/aromatic N) is 2. The number of fused-ring (bicyclic) bond motifs is 1. The summed E-state index contributed by atoms with van der Waals surface area (Å²) in [5.74, 6) is 2.41. The molecule has 4 rings (SSSR count). The van der Waals surface area contributed by atoms with E-state index in [1.807, 2.05) is 42.5 Å². The number of imidazole rings is 1. The van der Waals surface area contributed by atoms with Gasteiger partial charge in [-0.15, -0.1) is 0 Å². The first kappa shape index (κ1) is 15.7. The molecule has 0 unspecified atom stereocenters. The van der Waals surface area contributed by atoms with Crippen LogP contribution in [-0.2, 0) is 18.3 Å². The SMILES string of the molecule is COc1ccccc1CC(=O)Nc1ccc2c(c1)nc(C1CC1)n2C. The van der Waals surface area contributed by atoms with Crippen molar-refractivity contribution >= 4 is 22.6 Å². The maximum absolute atomic E-state index is 12.4. The Morgan fingerprint density at radius 3 is 2.84 bits per heavy atom. The Bertz CT molecular complexity index is 941. The third kappa shape index (κ3) is 3.09. The first-order valence-corrected chi connectivity index (χ1v) is 8.54. The summed E-state index contributed by atoms with van der Waals surface area (Å²) in [5, 5.41) is 2.96. The van der Waals surface area contributed by atoms with Gasteiger partial charge in [-0.3, -0.25) is 4.79 Å². The highest BCUT2D eigenvalue weighted by atomic mass is 16.5. The number of hydrogen-bond donors (Lipinski definition) is 1. The number of hydrogen-bond acceptors (Lipinski definition) is 3. The van der Waals surface area contributed by atoms with Crippen molar-refractivity contribution in [3.8, 4) is 5.75 Å². The predicted octanol–water partition coefficient (Wildman–Crippen LogP) is 3.64. The summed E-state index contributed by atoms with van der Waals surface area (Å²) < 4.78 is 7.47.